The second-order valence-electron chi connectivity index (χ2n) is 5.24. The standard InChI is InChI=1S/C18H16O5/c1-19-15-7-11-5-4-10-6-13-14(23-9-22-13)8-12(10)16(11)18(21-3)17(15)20-2/h4-8H,9H2,1-3H3. The van der Waals surface area contributed by atoms with Gasteiger partial charge in [0, 0.05) is 5.39 Å². The summed E-state index contributed by atoms with van der Waals surface area (Å²) < 4.78 is 27.5. The summed E-state index contributed by atoms with van der Waals surface area (Å²) in [5.74, 6) is 3.36. The van der Waals surface area contributed by atoms with Gasteiger partial charge in [-0.3, -0.25) is 0 Å². The zero-order chi connectivity index (χ0) is 16.0. The van der Waals surface area contributed by atoms with Gasteiger partial charge in [-0.05, 0) is 34.4 Å². The van der Waals surface area contributed by atoms with Crippen LogP contribution >= 0.6 is 0 Å². The van der Waals surface area contributed by atoms with E-state index in [0.717, 1.165) is 33.0 Å². The van der Waals surface area contributed by atoms with Gasteiger partial charge in [0.2, 0.25) is 12.5 Å². The molecule has 0 saturated heterocycles. The smallest absolute Gasteiger partial charge is 0.231 e. The molecule has 0 unspecified atom stereocenters. The van der Waals surface area contributed by atoms with E-state index in [0.29, 0.717) is 17.2 Å². The number of rotatable bonds is 3. The zero-order valence-electron chi connectivity index (χ0n) is 13.1. The van der Waals surface area contributed by atoms with Crippen LogP contribution in [0.3, 0.4) is 0 Å². The third-order valence-corrected chi connectivity index (χ3v) is 4.12. The minimum atomic E-state index is 0.248. The molecule has 5 nitrogen and oxygen atoms in total. The van der Waals surface area contributed by atoms with Crippen molar-refractivity contribution < 1.29 is 23.7 Å². The number of ether oxygens (including phenoxy) is 5. The van der Waals surface area contributed by atoms with Gasteiger partial charge in [-0.2, -0.15) is 0 Å². The van der Waals surface area contributed by atoms with Crippen molar-refractivity contribution in [2.24, 2.45) is 0 Å². The van der Waals surface area contributed by atoms with Crippen LogP contribution in [0, 0.1) is 0 Å². The van der Waals surface area contributed by atoms with E-state index < -0.39 is 0 Å². The van der Waals surface area contributed by atoms with E-state index in [4.69, 9.17) is 23.7 Å². The fourth-order valence-electron chi connectivity index (χ4n) is 3.08. The molecule has 0 amide bonds. The summed E-state index contributed by atoms with van der Waals surface area (Å²) in [6.45, 7) is 0.248. The molecule has 1 heterocycles. The zero-order valence-corrected chi connectivity index (χ0v) is 13.1. The maximum absolute atomic E-state index is 5.64. The van der Waals surface area contributed by atoms with Crippen LogP contribution in [0.15, 0.2) is 30.3 Å². The highest BCUT2D eigenvalue weighted by molar-refractivity contribution is 6.13. The highest BCUT2D eigenvalue weighted by atomic mass is 16.7. The van der Waals surface area contributed by atoms with Crippen LogP contribution in [0.5, 0.6) is 28.7 Å². The van der Waals surface area contributed by atoms with Gasteiger partial charge >= 0.3 is 0 Å². The molecule has 118 valence electrons. The van der Waals surface area contributed by atoms with Crippen molar-refractivity contribution in [3.8, 4) is 28.7 Å². The van der Waals surface area contributed by atoms with Gasteiger partial charge in [0.15, 0.2) is 23.0 Å². The molecule has 5 heteroatoms. The Balaban J connectivity index is 2.16. The molecule has 0 aromatic heterocycles. The van der Waals surface area contributed by atoms with Crippen LogP contribution < -0.4 is 23.7 Å². The summed E-state index contributed by atoms with van der Waals surface area (Å²) in [5, 5.41) is 4.03. The Labute approximate surface area is 133 Å². The summed E-state index contributed by atoms with van der Waals surface area (Å²) in [4.78, 5) is 0. The van der Waals surface area contributed by atoms with Gasteiger partial charge in [0.25, 0.3) is 0 Å². The molecule has 3 aromatic carbocycles. The van der Waals surface area contributed by atoms with E-state index in [-0.39, 0.29) is 6.79 Å². The van der Waals surface area contributed by atoms with Crippen molar-refractivity contribution in [1.82, 2.24) is 0 Å². The van der Waals surface area contributed by atoms with Crippen LogP contribution in [0.2, 0.25) is 0 Å². The summed E-state index contributed by atoms with van der Waals surface area (Å²) in [7, 11) is 4.84. The van der Waals surface area contributed by atoms with Crippen LogP contribution in [-0.2, 0) is 0 Å². The van der Waals surface area contributed by atoms with Crippen LogP contribution in [0.4, 0.5) is 0 Å². The molecule has 0 N–H and O–H groups in total. The predicted molar refractivity (Wildman–Crippen MR) is 87.2 cm³/mol. The minimum absolute atomic E-state index is 0.248. The monoisotopic (exact) mass is 312 g/mol. The third kappa shape index (κ3) is 1.93. The Hall–Kier alpha value is -2.82. The highest BCUT2D eigenvalue weighted by Crippen LogP contribution is 2.47. The van der Waals surface area contributed by atoms with E-state index >= 15 is 0 Å². The van der Waals surface area contributed by atoms with Crippen molar-refractivity contribution in [3.63, 3.8) is 0 Å². The summed E-state index contributed by atoms with van der Waals surface area (Å²) in [6, 6.07) is 9.98. The fraction of sp³-hybridized carbons (Fsp3) is 0.222. The second-order valence-corrected chi connectivity index (χ2v) is 5.24. The number of hydrogen-bond acceptors (Lipinski definition) is 5. The van der Waals surface area contributed by atoms with Gasteiger partial charge in [0.1, 0.15) is 0 Å². The first-order chi connectivity index (χ1) is 11.3. The maximum atomic E-state index is 5.64. The Morgan fingerprint density at radius 1 is 0.783 bits per heavy atom. The van der Waals surface area contributed by atoms with Gasteiger partial charge < -0.3 is 23.7 Å². The van der Waals surface area contributed by atoms with Crippen molar-refractivity contribution in [1.29, 1.82) is 0 Å². The van der Waals surface area contributed by atoms with Crippen molar-refractivity contribution in [2.75, 3.05) is 28.1 Å². The largest absolute Gasteiger partial charge is 0.493 e. The lowest BCUT2D eigenvalue weighted by molar-refractivity contribution is 0.174. The van der Waals surface area contributed by atoms with Crippen molar-refractivity contribution >= 4 is 21.5 Å². The lowest BCUT2D eigenvalue weighted by Crippen LogP contribution is -1.96. The first kappa shape index (κ1) is 13.8. The van der Waals surface area contributed by atoms with Crippen LogP contribution in [0.25, 0.3) is 21.5 Å². The molecule has 3 aromatic rings. The van der Waals surface area contributed by atoms with Crippen molar-refractivity contribution in [3.05, 3.63) is 30.3 Å². The highest BCUT2D eigenvalue weighted by Gasteiger charge is 2.20. The normalized spacial score (nSPS) is 12.7. The molecule has 0 fully saturated rings. The maximum Gasteiger partial charge on any atom is 0.231 e. The lowest BCUT2D eigenvalue weighted by atomic mass is 9.99. The fourth-order valence-corrected chi connectivity index (χ4v) is 3.08. The molecular weight excluding hydrogens is 296 g/mol. The third-order valence-electron chi connectivity index (χ3n) is 4.12. The van der Waals surface area contributed by atoms with Gasteiger partial charge in [-0.15, -0.1) is 0 Å². The molecule has 0 aliphatic carbocycles. The molecular formula is C18H16O5. The number of hydrogen-bond donors (Lipinski definition) is 0. The lowest BCUT2D eigenvalue weighted by Gasteiger charge is -2.16. The molecule has 0 atom stereocenters. The van der Waals surface area contributed by atoms with Crippen LogP contribution in [0.1, 0.15) is 0 Å². The van der Waals surface area contributed by atoms with E-state index in [9.17, 15) is 0 Å². The Kier molecular flexibility index (Phi) is 3.08. The Morgan fingerprint density at radius 2 is 1.48 bits per heavy atom. The van der Waals surface area contributed by atoms with Gasteiger partial charge in [0.05, 0.1) is 21.3 Å². The van der Waals surface area contributed by atoms with E-state index in [1.54, 1.807) is 21.3 Å². The van der Waals surface area contributed by atoms with Crippen LogP contribution in [-0.4, -0.2) is 28.1 Å². The molecule has 0 saturated carbocycles. The van der Waals surface area contributed by atoms with Gasteiger partial charge in [-0.25, -0.2) is 0 Å². The molecule has 0 spiro atoms. The number of fused-ring (bicyclic) bond motifs is 4. The topological polar surface area (TPSA) is 46.2 Å². The first-order valence-electron chi connectivity index (χ1n) is 7.22. The summed E-state index contributed by atoms with van der Waals surface area (Å²) in [5.41, 5.74) is 0. The average molecular weight is 312 g/mol. The molecule has 4 rings (SSSR count). The quantitative estimate of drug-likeness (QED) is 0.689. The predicted octanol–water partition coefficient (Wildman–Crippen LogP) is 3.75. The molecule has 0 bridgehead atoms. The molecule has 0 radical (unpaired) electrons. The second kappa shape index (κ2) is 5.12. The number of methoxy groups -OCH3 is 3. The Bertz CT molecular complexity index is 917. The minimum Gasteiger partial charge on any atom is -0.493 e. The molecule has 1 aliphatic heterocycles. The molecule has 1 aliphatic rings. The van der Waals surface area contributed by atoms with E-state index in [2.05, 4.69) is 0 Å². The average Bonchev–Trinajstić information content (AvgIpc) is 3.04. The van der Waals surface area contributed by atoms with Gasteiger partial charge in [-0.1, -0.05) is 12.1 Å². The first-order valence-corrected chi connectivity index (χ1v) is 7.22. The summed E-state index contributed by atoms with van der Waals surface area (Å²) in [6.07, 6.45) is 0. The summed E-state index contributed by atoms with van der Waals surface area (Å²) >= 11 is 0. The van der Waals surface area contributed by atoms with Crippen molar-refractivity contribution in [2.45, 2.75) is 0 Å². The van der Waals surface area contributed by atoms with E-state index in [1.807, 2.05) is 30.3 Å². The SMILES string of the molecule is COc1cc2ccc3cc4c(cc3c2c(OC)c1OC)OCO4. The van der Waals surface area contributed by atoms with E-state index in [1.165, 1.54) is 0 Å². The Morgan fingerprint density at radius 3 is 2.17 bits per heavy atom. The molecule has 23 heavy (non-hydrogen) atoms. The number of benzene rings is 3.